The first-order chi connectivity index (χ1) is 5.74. The summed E-state index contributed by atoms with van der Waals surface area (Å²) in [5, 5.41) is 8.56. The van der Waals surface area contributed by atoms with Crippen molar-refractivity contribution in [2.45, 2.75) is 40.0 Å². The van der Waals surface area contributed by atoms with Crippen LogP contribution in [0.2, 0.25) is 0 Å². The van der Waals surface area contributed by atoms with Crippen LogP contribution in [-0.2, 0) is 4.74 Å². The average Bonchev–Trinajstić information content (AvgIpc) is 2.14. The minimum atomic E-state index is 0.132. The van der Waals surface area contributed by atoms with Gasteiger partial charge in [-0.3, -0.25) is 0 Å². The van der Waals surface area contributed by atoms with E-state index >= 15 is 0 Å². The van der Waals surface area contributed by atoms with Crippen LogP contribution in [0.4, 0.5) is 0 Å². The molecule has 0 aliphatic heterocycles. The third kappa shape index (κ3) is 3.55. The van der Waals surface area contributed by atoms with Gasteiger partial charge in [-0.2, -0.15) is 0 Å². The molecule has 0 spiro atoms. The van der Waals surface area contributed by atoms with Gasteiger partial charge in [0.2, 0.25) is 0 Å². The minimum Gasteiger partial charge on any atom is -0.394 e. The summed E-state index contributed by atoms with van der Waals surface area (Å²) in [5.74, 6) is 0. The van der Waals surface area contributed by atoms with Crippen molar-refractivity contribution in [2.75, 3.05) is 19.8 Å². The summed E-state index contributed by atoms with van der Waals surface area (Å²) in [7, 11) is 0. The summed E-state index contributed by atoms with van der Waals surface area (Å²) >= 11 is 0. The van der Waals surface area contributed by atoms with Gasteiger partial charge in [0.25, 0.3) is 0 Å². The Morgan fingerprint density at radius 1 is 1.08 bits per heavy atom. The molecule has 2 nitrogen and oxygen atoms in total. The lowest BCUT2D eigenvalue weighted by atomic mass is 9.81. The zero-order valence-corrected chi connectivity index (χ0v) is 8.60. The standard InChI is InChI=1S/C10H22O2/c1-4-10(5-2,6-3)9-12-8-7-11/h11H,4-9H2,1-3H3. The predicted octanol–water partition coefficient (Wildman–Crippen LogP) is 2.21. The molecule has 0 saturated carbocycles. The van der Waals surface area contributed by atoms with Gasteiger partial charge in [-0.15, -0.1) is 0 Å². The molecule has 0 aliphatic carbocycles. The summed E-state index contributed by atoms with van der Waals surface area (Å²) in [5.41, 5.74) is 0.342. The Bertz CT molecular complexity index is 89.7. The van der Waals surface area contributed by atoms with Gasteiger partial charge in [-0.25, -0.2) is 0 Å². The molecule has 0 atom stereocenters. The van der Waals surface area contributed by atoms with Crippen molar-refractivity contribution in [1.82, 2.24) is 0 Å². The maximum Gasteiger partial charge on any atom is 0.0697 e. The van der Waals surface area contributed by atoms with Crippen LogP contribution < -0.4 is 0 Å². The van der Waals surface area contributed by atoms with Crippen molar-refractivity contribution in [2.24, 2.45) is 5.41 Å². The molecule has 0 aromatic heterocycles. The van der Waals surface area contributed by atoms with Gasteiger partial charge < -0.3 is 9.84 Å². The molecule has 2 heteroatoms. The SMILES string of the molecule is CCC(CC)(CC)COCCO. The van der Waals surface area contributed by atoms with Crippen LogP contribution >= 0.6 is 0 Å². The second-order valence-electron chi connectivity index (χ2n) is 3.34. The van der Waals surface area contributed by atoms with Gasteiger partial charge in [0.05, 0.1) is 19.8 Å². The summed E-state index contributed by atoms with van der Waals surface area (Å²) in [6.07, 6.45) is 3.47. The van der Waals surface area contributed by atoms with Crippen LogP contribution in [0.3, 0.4) is 0 Å². The molecule has 0 radical (unpaired) electrons. The van der Waals surface area contributed by atoms with Crippen molar-refractivity contribution in [3.8, 4) is 0 Å². The summed E-state index contributed by atoms with van der Waals surface area (Å²) in [6.45, 7) is 8.01. The predicted molar refractivity (Wildman–Crippen MR) is 51.2 cm³/mol. The van der Waals surface area contributed by atoms with Gasteiger partial charge >= 0.3 is 0 Å². The lowest BCUT2D eigenvalue weighted by Gasteiger charge is -2.29. The van der Waals surface area contributed by atoms with Crippen LogP contribution in [0, 0.1) is 5.41 Å². The van der Waals surface area contributed by atoms with Crippen LogP contribution in [0.25, 0.3) is 0 Å². The zero-order valence-electron chi connectivity index (χ0n) is 8.60. The van der Waals surface area contributed by atoms with E-state index in [1.165, 1.54) is 0 Å². The molecule has 0 aromatic carbocycles. The molecule has 74 valence electrons. The quantitative estimate of drug-likeness (QED) is 0.600. The average molecular weight is 174 g/mol. The van der Waals surface area contributed by atoms with E-state index in [1.807, 2.05) is 0 Å². The normalized spacial score (nSPS) is 12.0. The topological polar surface area (TPSA) is 29.5 Å². The van der Waals surface area contributed by atoms with E-state index in [4.69, 9.17) is 9.84 Å². The highest BCUT2D eigenvalue weighted by Crippen LogP contribution is 2.30. The Morgan fingerprint density at radius 2 is 1.58 bits per heavy atom. The lowest BCUT2D eigenvalue weighted by molar-refractivity contribution is 0.0179. The Labute approximate surface area is 75.9 Å². The third-order valence-corrected chi connectivity index (χ3v) is 2.89. The van der Waals surface area contributed by atoms with Crippen LogP contribution in [0.5, 0.6) is 0 Å². The molecule has 0 aromatic rings. The first-order valence-corrected chi connectivity index (χ1v) is 4.93. The first-order valence-electron chi connectivity index (χ1n) is 4.93. The number of rotatable bonds is 7. The Kier molecular flexibility index (Phi) is 6.39. The second kappa shape index (κ2) is 6.44. The maximum atomic E-state index is 8.56. The van der Waals surface area contributed by atoms with Gasteiger partial charge in [-0.1, -0.05) is 20.8 Å². The molecule has 0 fully saturated rings. The number of aliphatic hydroxyl groups excluding tert-OH is 1. The largest absolute Gasteiger partial charge is 0.394 e. The van der Waals surface area contributed by atoms with Crippen molar-refractivity contribution in [3.63, 3.8) is 0 Å². The third-order valence-electron chi connectivity index (χ3n) is 2.89. The fourth-order valence-corrected chi connectivity index (χ4v) is 1.41. The molecular formula is C10H22O2. The molecule has 0 unspecified atom stereocenters. The highest BCUT2D eigenvalue weighted by molar-refractivity contribution is 4.74. The Balaban J connectivity index is 3.76. The molecule has 0 saturated heterocycles. The monoisotopic (exact) mass is 174 g/mol. The molecule has 0 heterocycles. The van der Waals surface area contributed by atoms with E-state index in [0.717, 1.165) is 25.9 Å². The van der Waals surface area contributed by atoms with Gasteiger partial charge in [0.1, 0.15) is 0 Å². The number of ether oxygens (including phenoxy) is 1. The van der Waals surface area contributed by atoms with E-state index in [9.17, 15) is 0 Å². The van der Waals surface area contributed by atoms with E-state index in [-0.39, 0.29) is 6.61 Å². The summed E-state index contributed by atoms with van der Waals surface area (Å²) in [4.78, 5) is 0. The van der Waals surface area contributed by atoms with Gasteiger partial charge in [0.15, 0.2) is 0 Å². The van der Waals surface area contributed by atoms with E-state index in [2.05, 4.69) is 20.8 Å². The Morgan fingerprint density at radius 3 is 1.92 bits per heavy atom. The first kappa shape index (κ1) is 11.9. The van der Waals surface area contributed by atoms with E-state index < -0.39 is 0 Å². The fourth-order valence-electron chi connectivity index (χ4n) is 1.41. The number of hydrogen-bond donors (Lipinski definition) is 1. The highest BCUT2D eigenvalue weighted by Gasteiger charge is 2.23. The molecule has 0 amide bonds. The minimum absolute atomic E-state index is 0.132. The van der Waals surface area contributed by atoms with Gasteiger partial charge in [-0.05, 0) is 24.7 Å². The van der Waals surface area contributed by atoms with Crippen molar-refractivity contribution >= 4 is 0 Å². The lowest BCUT2D eigenvalue weighted by Crippen LogP contribution is -2.25. The van der Waals surface area contributed by atoms with Crippen LogP contribution in [-0.4, -0.2) is 24.9 Å². The number of hydrogen-bond acceptors (Lipinski definition) is 2. The van der Waals surface area contributed by atoms with E-state index in [0.29, 0.717) is 12.0 Å². The zero-order chi connectivity index (χ0) is 9.45. The molecule has 12 heavy (non-hydrogen) atoms. The summed E-state index contributed by atoms with van der Waals surface area (Å²) in [6, 6.07) is 0. The number of aliphatic hydroxyl groups is 1. The smallest absolute Gasteiger partial charge is 0.0697 e. The highest BCUT2D eigenvalue weighted by atomic mass is 16.5. The van der Waals surface area contributed by atoms with Crippen molar-refractivity contribution in [1.29, 1.82) is 0 Å². The van der Waals surface area contributed by atoms with Crippen molar-refractivity contribution < 1.29 is 9.84 Å². The molecule has 0 aliphatic rings. The Hall–Kier alpha value is -0.0800. The van der Waals surface area contributed by atoms with Crippen LogP contribution in [0.1, 0.15) is 40.0 Å². The maximum absolute atomic E-state index is 8.56. The molecule has 1 N–H and O–H groups in total. The molecule has 0 rings (SSSR count). The van der Waals surface area contributed by atoms with Crippen LogP contribution in [0.15, 0.2) is 0 Å². The summed E-state index contributed by atoms with van der Waals surface area (Å²) < 4.78 is 5.37. The second-order valence-corrected chi connectivity index (χ2v) is 3.34. The van der Waals surface area contributed by atoms with E-state index in [1.54, 1.807) is 0 Å². The van der Waals surface area contributed by atoms with Crippen molar-refractivity contribution in [3.05, 3.63) is 0 Å². The fraction of sp³-hybridized carbons (Fsp3) is 1.00. The molecular weight excluding hydrogens is 152 g/mol. The molecule has 0 bridgehead atoms. The van der Waals surface area contributed by atoms with Gasteiger partial charge in [0, 0.05) is 0 Å².